The van der Waals surface area contributed by atoms with Gasteiger partial charge in [-0.1, -0.05) is 247 Å². The highest BCUT2D eigenvalue weighted by Gasteiger charge is 2.41. The van der Waals surface area contributed by atoms with Crippen molar-refractivity contribution in [3.63, 3.8) is 0 Å². The first kappa shape index (κ1) is 57.0. The molecule has 0 amide bonds. The molecule has 8 aromatic carbocycles. The van der Waals surface area contributed by atoms with Crippen molar-refractivity contribution in [3.8, 4) is 56.6 Å². The third kappa shape index (κ3) is 10.9. The van der Waals surface area contributed by atoms with Crippen molar-refractivity contribution in [2.24, 2.45) is 5.92 Å². The zero-order valence-electron chi connectivity index (χ0n) is 51.9. The number of rotatable bonds is 10. The summed E-state index contributed by atoms with van der Waals surface area (Å²) in [6.07, 6.45) is 18.5. The lowest BCUT2D eigenvalue weighted by Gasteiger charge is -2.44. The van der Waals surface area contributed by atoms with Gasteiger partial charge in [0.25, 0.3) is 0 Å². The topological polar surface area (TPSA) is 54.1 Å². The molecule has 4 nitrogen and oxygen atoms in total. The van der Waals surface area contributed by atoms with Crippen molar-refractivity contribution in [2.75, 3.05) is 9.80 Å². The van der Waals surface area contributed by atoms with Gasteiger partial charge in [0, 0.05) is 34.1 Å². The Bertz CT molecular complexity index is 4300. The lowest BCUT2D eigenvalue weighted by atomic mass is 9.67. The predicted molar refractivity (Wildman–Crippen MR) is 361 cm³/mol. The lowest BCUT2D eigenvalue weighted by molar-refractivity contribution is 0.590. The molecule has 0 saturated heterocycles. The second kappa shape index (κ2) is 21.9. The Balaban J connectivity index is 1.02. The molecular weight excluding hydrogens is 1040 g/mol. The van der Waals surface area contributed by atoms with Gasteiger partial charge in [0.1, 0.15) is 0 Å². The van der Waals surface area contributed by atoms with Crippen LogP contribution in [0.4, 0.5) is 22.7 Å². The van der Waals surface area contributed by atoms with E-state index in [1.54, 1.807) is 0 Å². The molecule has 4 aliphatic carbocycles. The van der Waals surface area contributed by atoms with E-state index in [1.807, 2.05) is 36.4 Å². The molecular formula is C82H76N4. The molecule has 0 spiro atoms. The van der Waals surface area contributed by atoms with Crippen molar-refractivity contribution in [1.29, 1.82) is 10.5 Å². The zero-order chi connectivity index (χ0) is 60.5. The SMILES string of the molecule is CC(C)(C)c1ccc(-c2ccc(N(C3=C4C=CC5=C6C(=CC=C(C=C3)C46)C(N(c3cccc(C#N)c3)c3ccc(-c4ccc(C(C)(C)C)cc4)cc3-c3ccc(C(C)(C)C)cc3)C=C5)c3cccc(C#N)c3)c(-c3ccc(C(C)(C)C)cc3)c2)cc1. The second-order valence-corrected chi connectivity index (χ2v) is 27.7. The van der Waals surface area contributed by atoms with E-state index in [4.69, 9.17) is 0 Å². The third-order valence-electron chi connectivity index (χ3n) is 17.8. The Morgan fingerprint density at radius 2 is 0.837 bits per heavy atom. The van der Waals surface area contributed by atoms with Gasteiger partial charge in [-0.05, 0) is 172 Å². The highest BCUT2D eigenvalue weighted by atomic mass is 15.2. The van der Waals surface area contributed by atoms with Gasteiger partial charge in [-0.2, -0.15) is 10.5 Å². The van der Waals surface area contributed by atoms with Gasteiger partial charge < -0.3 is 9.80 Å². The van der Waals surface area contributed by atoms with Gasteiger partial charge in [-0.25, -0.2) is 0 Å². The molecule has 0 radical (unpaired) electrons. The summed E-state index contributed by atoms with van der Waals surface area (Å²) in [7, 11) is 0. The number of nitrogens with zero attached hydrogens (tertiary/aromatic N) is 4. The van der Waals surface area contributed by atoms with E-state index in [2.05, 4.69) is 299 Å². The first-order valence-electron chi connectivity index (χ1n) is 30.3. The van der Waals surface area contributed by atoms with Gasteiger partial charge in [0.15, 0.2) is 0 Å². The number of hydrogen-bond donors (Lipinski definition) is 0. The molecule has 0 N–H and O–H groups in total. The van der Waals surface area contributed by atoms with Crippen LogP contribution in [0.15, 0.2) is 264 Å². The molecule has 4 aliphatic rings. The summed E-state index contributed by atoms with van der Waals surface area (Å²) < 4.78 is 0. The maximum atomic E-state index is 10.5. The summed E-state index contributed by atoms with van der Waals surface area (Å²) >= 11 is 0. The van der Waals surface area contributed by atoms with E-state index in [0.29, 0.717) is 11.1 Å². The standard InChI is InChI=1S/C82H76N4/c1-79(2,3)63-33-19-55(20-34-63)61-31-45-75(71(49-61)57-23-37-65(38-24-57)81(7,8)9)85(67-17-13-15-53(47-67)51-83)73-43-29-59-28-42-70-74(44-30-60-27-41-69(73)77(59)78(60)70)86(68-18-14-16-54(48-68)52-84)76-46-32-62(56-21-35-64(36-22-56)80(4,5)6)50-72(76)58-25-39-66(40-26-58)82(10,11)12/h13-50,73,78H,1-12H3. The summed E-state index contributed by atoms with van der Waals surface area (Å²) in [6, 6.07) is 70.9. The van der Waals surface area contributed by atoms with Gasteiger partial charge >= 0.3 is 0 Å². The van der Waals surface area contributed by atoms with Gasteiger partial charge in [0.2, 0.25) is 0 Å². The minimum atomic E-state index is -0.261. The second-order valence-electron chi connectivity index (χ2n) is 27.7. The fourth-order valence-electron chi connectivity index (χ4n) is 12.7. The van der Waals surface area contributed by atoms with Crippen LogP contribution in [0.3, 0.4) is 0 Å². The highest BCUT2D eigenvalue weighted by Crippen LogP contribution is 2.54. The molecule has 86 heavy (non-hydrogen) atoms. The summed E-state index contributed by atoms with van der Waals surface area (Å²) in [5.74, 6) is -0.102. The summed E-state index contributed by atoms with van der Waals surface area (Å²) in [5.41, 5.74) is 26.3. The van der Waals surface area contributed by atoms with E-state index in [9.17, 15) is 10.5 Å². The molecule has 2 atom stereocenters. The fourth-order valence-corrected chi connectivity index (χ4v) is 12.7. The van der Waals surface area contributed by atoms with Crippen molar-refractivity contribution in [3.05, 3.63) is 298 Å². The predicted octanol–water partition coefficient (Wildman–Crippen LogP) is 21.4. The monoisotopic (exact) mass is 1120 g/mol. The molecule has 0 bridgehead atoms. The molecule has 0 heterocycles. The maximum absolute atomic E-state index is 10.5. The van der Waals surface area contributed by atoms with Crippen LogP contribution in [0.2, 0.25) is 0 Å². The number of anilines is 4. The Hall–Kier alpha value is -9.48. The third-order valence-corrected chi connectivity index (χ3v) is 17.8. The van der Waals surface area contributed by atoms with Crippen LogP contribution in [0, 0.1) is 28.6 Å². The van der Waals surface area contributed by atoms with Crippen LogP contribution in [-0.4, -0.2) is 6.04 Å². The maximum Gasteiger partial charge on any atom is 0.0992 e. The number of benzene rings is 8. The largest absolute Gasteiger partial charge is 0.330 e. The minimum absolute atomic E-state index is 0.0157. The molecule has 424 valence electrons. The molecule has 8 aromatic rings. The number of nitriles is 2. The fraction of sp³-hybridized carbons (Fsp3) is 0.220. The first-order chi connectivity index (χ1) is 41.0. The average Bonchev–Trinajstić information content (AvgIpc) is 0.947. The zero-order valence-corrected chi connectivity index (χ0v) is 51.9. The van der Waals surface area contributed by atoms with E-state index in [1.165, 1.54) is 50.1 Å². The van der Waals surface area contributed by atoms with Crippen molar-refractivity contribution >= 4 is 22.7 Å². The molecule has 2 unspecified atom stereocenters. The Labute approximate surface area is 511 Å². The van der Waals surface area contributed by atoms with E-state index in [0.717, 1.165) is 73.0 Å². The Kier molecular flexibility index (Phi) is 14.5. The summed E-state index contributed by atoms with van der Waals surface area (Å²) in [6.45, 7) is 27.1. The molecule has 0 aromatic heterocycles. The van der Waals surface area contributed by atoms with Crippen LogP contribution >= 0.6 is 0 Å². The normalized spacial score (nSPS) is 16.3. The van der Waals surface area contributed by atoms with E-state index >= 15 is 0 Å². The van der Waals surface area contributed by atoms with E-state index < -0.39 is 0 Å². The Morgan fingerprint density at radius 3 is 1.33 bits per heavy atom. The highest BCUT2D eigenvalue weighted by molar-refractivity contribution is 5.92. The lowest BCUT2D eigenvalue weighted by Crippen LogP contribution is -2.37. The summed E-state index contributed by atoms with van der Waals surface area (Å²) in [4.78, 5) is 4.85. The summed E-state index contributed by atoms with van der Waals surface area (Å²) in [5, 5.41) is 21.0. The van der Waals surface area contributed by atoms with Gasteiger partial charge in [-0.3, -0.25) is 0 Å². The van der Waals surface area contributed by atoms with Crippen molar-refractivity contribution in [1.82, 2.24) is 0 Å². The van der Waals surface area contributed by atoms with Crippen LogP contribution in [-0.2, 0) is 21.7 Å². The van der Waals surface area contributed by atoms with Crippen LogP contribution < -0.4 is 9.80 Å². The minimum Gasteiger partial charge on any atom is -0.330 e. The smallest absolute Gasteiger partial charge is 0.0992 e. The quantitative estimate of drug-likeness (QED) is 0.137. The Morgan fingerprint density at radius 1 is 0.395 bits per heavy atom. The van der Waals surface area contributed by atoms with Crippen LogP contribution in [0.5, 0.6) is 0 Å². The van der Waals surface area contributed by atoms with Crippen LogP contribution in [0.1, 0.15) is 116 Å². The first-order valence-corrected chi connectivity index (χ1v) is 30.3. The number of allylic oxidation sites excluding steroid dienone is 10. The number of hydrogen-bond acceptors (Lipinski definition) is 4. The van der Waals surface area contributed by atoms with Gasteiger partial charge in [0.05, 0.1) is 40.7 Å². The molecule has 4 heteroatoms. The molecule has 12 rings (SSSR count). The van der Waals surface area contributed by atoms with Crippen molar-refractivity contribution < 1.29 is 0 Å². The van der Waals surface area contributed by atoms with Crippen LogP contribution in [0.25, 0.3) is 44.5 Å². The molecule has 0 saturated carbocycles. The van der Waals surface area contributed by atoms with Gasteiger partial charge in [-0.15, -0.1) is 0 Å². The average molecular weight is 1120 g/mol. The molecule has 0 aliphatic heterocycles. The van der Waals surface area contributed by atoms with Crippen molar-refractivity contribution in [2.45, 2.75) is 111 Å². The van der Waals surface area contributed by atoms with E-state index in [-0.39, 0.29) is 33.6 Å². The molecule has 0 fully saturated rings.